The van der Waals surface area contributed by atoms with Crippen LogP contribution in [0.3, 0.4) is 0 Å². The molecule has 0 bridgehead atoms. The molecule has 0 saturated carbocycles. The van der Waals surface area contributed by atoms with Gasteiger partial charge in [0.15, 0.2) is 0 Å². The van der Waals surface area contributed by atoms with E-state index in [1.54, 1.807) is 28.9 Å². The van der Waals surface area contributed by atoms with Gasteiger partial charge >= 0.3 is 0 Å². The monoisotopic (exact) mass is 361 g/mol. The average molecular weight is 362 g/mol. The fourth-order valence-corrected chi connectivity index (χ4v) is 3.44. The summed E-state index contributed by atoms with van der Waals surface area (Å²) in [5, 5.41) is 17.9. The molecule has 3 rings (SSSR count). The number of aromatic nitrogens is 2. The molecule has 0 atom stereocenters. The van der Waals surface area contributed by atoms with Crippen molar-refractivity contribution >= 4 is 29.6 Å². The van der Waals surface area contributed by atoms with Gasteiger partial charge in [-0.05, 0) is 49.4 Å². The minimum atomic E-state index is -0.295. The number of aryl methyl sites for hydroxylation is 1. The van der Waals surface area contributed by atoms with Crippen LogP contribution in [-0.4, -0.2) is 21.2 Å². The SMILES string of the molecule is Cc1nn(-c2cccc(Cl)c2)c(Sc2ccc(F)cc2)c1C=NO. The lowest BCUT2D eigenvalue weighted by Gasteiger charge is -2.08. The van der Waals surface area contributed by atoms with Gasteiger partial charge in [0, 0.05) is 9.92 Å². The van der Waals surface area contributed by atoms with Crippen LogP contribution in [0.4, 0.5) is 4.39 Å². The van der Waals surface area contributed by atoms with Crippen molar-refractivity contribution in [3.05, 3.63) is 70.6 Å². The van der Waals surface area contributed by atoms with E-state index in [-0.39, 0.29) is 5.82 Å². The minimum Gasteiger partial charge on any atom is -0.411 e. The smallest absolute Gasteiger partial charge is 0.123 e. The lowest BCUT2D eigenvalue weighted by molar-refractivity contribution is 0.321. The Morgan fingerprint density at radius 3 is 2.67 bits per heavy atom. The van der Waals surface area contributed by atoms with E-state index in [0.717, 1.165) is 15.6 Å². The van der Waals surface area contributed by atoms with Crippen LogP contribution < -0.4 is 0 Å². The molecule has 24 heavy (non-hydrogen) atoms. The Hall–Kier alpha value is -2.31. The minimum absolute atomic E-state index is 0.295. The molecule has 4 nitrogen and oxygen atoms in total. The van der Waals surface area contributed by atoms with E-state index in [1.807, 2.05) is 19.1 Å². The molecule has 1 N–H and O–H groups in total. The van der Waals surface area contributed by atoms with E-state index in [4.69, 9.17) is 16.8 Å². The average Bonchev–Trinajstić information content (AvgIpc) is 2.87. The zero-order valence-corrected chi connectivity index (χ0v) is 14.2. The molecule has 0 saturated heterocycles. The van der Waals surface area contributed by atoms with Gasteiger partial charge in [-0.2, -0.15) is 5.10 Å². The lowest BCUT2D eigenvalue weighted by Crippen LogP contribution is -1.99. The molecule has 0 fully saturated rings. The van der Waals surface area contributed by atoms with Gasteiger partial charge in [-0.3, -0.25) is 0 Å². The molecule has 3 aromatic rings. The second-order valence-corrected chi connectivity index (χ2v) is 6.50. The summed E-state index contributed by atoms with van der Waals surface area (Å²) in [6.07, 6.45) is 1.34. The Bertz CT molecular complexity index is 893. The molecule has 7 heteroatoms. The summed E-state index contributed by atoms with van der Waals surface area (Å²) in [5.74, 6) is -0.295. The molecule has 122 valence electrons. The summed E-state index contributed by atoms with van der Waals surface area (Å²) < 4.78 is 14.9. The van der Waals surface area contributed by atoms with Gasteiger partial charge in [0.1, 0.15) is 10.8 Å². The topological polar surface area (TPSA) is 50.4 Å². The Labute approximate surface area is 147 Å². The molecule has 0 unspecified atom stereocenters. The fourth-order valence-electron chi connectivity index (χ4n) is 2.22. The van der Waals surface area contributed by atoms with Crippen molar-refractivity contribution < 1.29 is 9.60 Å². The van der Waals surface area contributed by atoms with Crippen molar-refractivity contribution in [3.63, 3.8) is 0 Å². The van der Waals surface area contributed by atoms with Gasteiger partial charge in [0.05, 0.1) is 23.2 Å². The maximum atomic E-state index is 13.1. The zero-order valence-electron chi connectivity index (χ0n) is 12.6. The third kappa shape index (κ3) is 3.44. The first-order chi connectivity index (χ1) is 11.6. The Morgan fingerprint density at radius 1 is 1.25 bits per heavy atom. The summed E-state index contributed by atoms with van der Waals surface area (Å²) in [6.45, 7) is 1.83. The van der Waals surface area contributed by atoms with Gasteiger partial charge in [-0.25, -0.2) is 9.07 Å². The van der Waals surface area contributed by atoms with Crippen molar-refractivity contribution in [1.82, 2.24) is 9.78 Å². The highest BCUT2D eigenvalue weighted by Crippen LogP contribution is 2.33. The molecular formula is C17H13ClFN3OS. The number of nitrogens with zero attached hydrogens (tertiary/aromatic N) is 3. The molecule has 0 aliphatic heterocycles. The summed E-state index contributed by atoms with van der Waals surface area (Å²) in [6, 6.07) is 13.5. The number of hydrogen-bond acceptors (Lipinski definition) is 4. The Balaban J connectivity index is 2.12. The summed E-state index contributed by atoms with van der Waals surface area (Å²) in [5.41, 5.74) is 2.18. The van der Waals surface area contributed by atoms with Crippen LogP contribution in [0.2, 0.25) is 5.02 Å². The fraction of sp³-hybridized carbons (Fsp3) is 0.0588. The first-order valence-electron chi connectivity index (χ1n) is 7.05. The van der Waals surface area contributed by atoms with Crippen LogP contribution >= 0.6 is 23.4 Å². The van der Waals surface area contributed by atoms with Crippen LogP contribution in [-0.2, 0) is 0 Å². The van der Waals surface area contributed by atoms with Crippen molar-refractivity contribution in [2.45, 2.75) is 16.8 Å². The predicted octanol–water partition coefficient (Wildman–Crippen LogP) is 4.93. The van der Waals surface area contributed by atoms with Crippen LogP contribution in [0, 0.1) is 12.7 Å². The van der Waals surface area contributed by atoms with E-state index in [1.165, 1.54) is 30.1 Å². The standard InChI is InChI=1S/C17H13ClFN3OS/c1-11-16(10-20-23)17(24-15-7-5-13(19)6-8-15)22(21-11)14-4-2-3-12(18)9-14/h2-10,23H,1H3. The van der Waals surface area contributed by atoms with Crippen LogP contribution in [0.1, 0.15) is 11.3 Å². The number of benzene rings is 2. The van der Waals surface area contributed by atoms with E-state index >= 15 is 0 Å². The van der Waals surface area contributed by atoms with Gasteiger partial charge in [0.2, 0.25) is 0 Å². The second-order valence-electron chi connectivity index (χ2n) is 5.00. The predicted molar refractivity (Wildman–Crippen MR) is 93.2 cm³/mol. The quantitative estimate of drug-likeness (QED) is 0.407. The molecule has 0 radical (unpaired) electrons. The molecule has 1 heterocycles. The maximum Gasteiger partial charge on any atom is 0.123 e. The zero-order chi connectivity index (χ0) is 17.1. The molecular weight excluding hydrogens is 349 g/mol. The van der Waals surface area contributed by atoms with E-state index in [9.17, 15) is 4.39 Å². The third-order valence-corrected chi connectivity index (χ3v) is 4.66. The number of halogens is 2. The van der Waals surface area contributed by atoms with E-state index in [2.05, 4.69) is 10.3 Å². The summed E-state index contributed by atoms with van der Waals surface area (Å²) in [7, 11) is 0. The maximum absolute atomic E-state index is 13.1. The van der Waals surface area contributed by atoms with E-state index in [0.29, 0.717) is 16.3 Å². The molecule has 2 aromatic carbocycles. The first kappa shape index (κ1) is 16.5. The normalized spacial score (nSPS) is 11.3. The van der Waals surface area contributed by atoms with Gasteiger partial charge in [-0.15, -0.1) is 0 Å². The Morgan fingerprint density at radius 2 is 2.00 bits per heavy atom. The molecule has 0 aliphatic carbocycles. The van der Waals surface area contributed by atoms with Crippen LogP contribution in [0.5, 0.6) is 0 Å². The van der Waals surface area contributed by atoms with Crippen LogP contribution in [0.25, 0.3) is 5.69 Å². The second kappa shape index (κ2) is 7.07. The van der Waals surface area contributed by atoms with Crippen molar-refractivity contribution in [1.29, 1.82) is 0 Å². The highest BCUT2D eigenvalue weighted by molar-refractivity contribution is 7.99. The molecule has 0 amide bonds. The summed E-state index contributed by atoms with van der Waals surface area (Å²) in [4.78, 5) is 0.840. The largest absolute Gasteiger partial charge is 0.411 e. The first-order valence-corrected chi connectivity index (χ1v) is 8.24. The highest BCUT2D eigenvalue weighted by atomic mass is 35.5. The Kier molecular flexibility index (Phi) is 4.87. The van der Waals surface area contributed by atoms with E-state index < -0.39 is 0 Å². The highest BCUT2D eigenvalue weighted by Gasteiger charge is 2.17. The van der Waals surface area contributed by atoms with Crippen molar-refractivity contribution in [2.75, 3.05) is 0 Å². The van der Waals surface area contributed by atoms with Crippen molar-refractivity contribution in [2.24, 2.45) is 5.16 Å². The van der Waals surface area contributed by atoms with Crippen molar-refractivity contribution in [3.8, 4) is 5.69 Å². The van der Waals surface area contributed by atoms with Crippen LogP contribution in [0.15, 0.2) is 63.6 Å². The van der Waals surface area contributed by atoms with Gasteiger partial charge in [-0.1, -0.05) is 34.6 Å². The molecule has 0 spiro atoms. The number of rotatable bonds is 4. The molecule has 1 aromatic heterocycles. The van der Waals surface area contributed by atoms with Gasteiger partial charge < -0.3 is 5.21 Å². The lowest BCUT2D eigenvalue weighted by atomic mass is 10.3. The summed E-state index contributed by atoms with van der Waals surface area (Å²) >= 11 is 7.48. The van der Waals surface area contributed by atoms with Gasteiger partial charge in [0.25, 0.3) is 0 Å². The number of hydrogen-bond donors (Lipinski definition) is 1. The molecule has 0 aliphatic rings. The number of oxime groups is 1. The third-order valence-electron chi connectivity index (χ3n) is 3.33.